The second-order valence-electron chi connectivity index (χ2n) is 27.2. The molecule has 0 saturated heterocycles. The van der Waals surface area contributed by atoms with Crippen molar-refractivity contribution in [2.75, 3.05) is 0 Å². The van der Waals surface area contributed by atoms with Crippen LogP contribution in [0.3, 0.4) is 0 Å². The van der Waals surface area contributed by atoms with Crippen LogP contribution in [0.2, 0.25) is 0 Å². The molecule has 0 fully saturated rings. The van der Waals surface area contributed by atoms with E-state index in [0.29, 0.717) is 0 Å². The summed E-state index contributed by atoms with van der Waals surface area (Å²) >= 11 is 0. The Labute approximate surface area is 512 Å². The zero-order chi connectivity index (χ0) is 58.8. The summed E-state index contributed by atoms with van der Waals surface area (Å²) in [5.74, 6) is 0. The summed E-state index contributed by atoms with van der Waals surface area (Å²) < 4.78 is 6.80. The van der Waals surface area contributed by atoms with Crippen LogP contribution >= 0.6 is 0 Å². The number of carbonyl (C=O) groups is 1. The van der Waals surface area contributed by atoms with Crippen LogP contribution in [0.5, 0.6) is 0 Å². The van der Waals surface area contributed by atoms with E-state index >= 15 is 0 Å². The Morgan fingerprint density at radius 1 is 0.198 bits per heavy atom. The van der Waals surface area contributed by atoms with Gasteiger partial charge in [-0.2, -0.15) is 4.89 Å². The average molecular weight is 1140 g/mol. The second kappa shape index (κ2) is 66.8. The molecule has 0 N–H and O–H groups in total. The fourth-order valence-corrected chi connectivity index (χ4v) is 13.3. The number of ether oxygens (including phenoxy) is 1. The first kappa shape index (κ1) is 80.2. The Bertz CT molecular complexity index is 1100. The molecule has 81 heavy (non-hydrogen) atoms. The number of hydrogen-bond donors (Lipinski definition) is 0. The summed E-state index contributed by atoms with van der Waals surface area (Å²) in [7, 11) is 0. The van der Waals surface area contributed by atoms with E-state index in [2.05, 4.69) is 41.5 Å². The van der Waals surface area contributed by atoms with Gasteiger partial charge in [0.25, 0.3) is 0 Å². The summed E-state index contributed by atoms with van der Waals surface area (Å²) in [6.45, 7) is 13.9. The molecule has 0 rings (SSSR count). The highest BCUT2D eigenvalue weighted by Crippen LogP contribution is 2.37. The van der Waals surface area contributed by atoms with Crippen LogP contribution in [-0.2, 0) is 14.5 Å². The predicted molar refractivity (Wildman–Crippen MR) is 362 cm³/mol. The molecule has 0 heterocycles. The fraction of sp³-hybridized carbons (Fsp3) is 0.987. The van der Waals surface area contributed by atoms with E-state index in [1.165, 1.54) is 360 Å². The lowest BCUT2D eigenvalue weighted by Gasteiger charge is -2.35. The molecule has 0 spiro atoms. The maximum atomic E-state index is 14.4. The molecule has 0 saturated carbocycles. The van der Waals surface area contributed by atoms with Gasteiger partial charge in [-0.15, -0.1) is 0 Å². The quantitative estimate of drug-likeness (QED) is 0.0263. The van der Waals surface area contributed by atoms with Crippen molar-refractivity contribution in [2.24, 2.45) is 0 Å². The lowest BCUT2D eigenvalue weighted by atomic mass is 9.84. The highest BCUT2D eigenvalue weighted by Gasteiger charge is 2.37. The Morgan fingerprint density at radius 2 is 0.333 bits per heavy atom. The maximum Gasteiger partial charge on any atom is 0.541 e. The van der Waals surface area contributed by atoms with Crippen LogP contribution in [0.1, 0.15) is 478 Å². The summed E-state index contributed by atoms with van der Waals surface area (Å²) in [4.78, 5) is 27.2. The molecule has 0 bridgehead atoms. The third-order valence-electron chi connectivity index (χ3n) is 19.0. The van der Waals surface area contributed by atoms with Crippen molar-refractivity contribution in [1.82, 2.24) is 0 Å². The van der Waals surface area contributed by atoms with Gasteiger partial charge in [-0.3, -0.25) is 4.89 Å². The van der Waals surface area contributed by atoms with Crippen molar-refractivity contribution in [1.29, 1.82) is 0 Å². The lowest BCUT2D eigenvalue weighted by molar-refractivity contribution is -0.337. The van der Waals surface area contributed by atoms with E-state index in [1.807, 2.05) is 0 Å². The van der Waals surface area contributed by atoms with Gasteiger partial charge in [-0.1, -0.05) is 420 Å². The van der Waals surface area contributed by atoms with Gasteiger partial charge in [-0.05, 0) is 57.8 Å². The molecule has 0 aliphatic rings. The van der Waals surface area contributed by atoms with Gasteiger partial charge in [0.05, 0.1) is 0 Å². The molecule has 0 aliphatic heterocycles. The number of rotatable bonds is 71. The Hall–Kier alpha value is -0.770. The monoisotopic (exact) mass is 1140 g/mol. The third kappa shape index (κ3) is 58.0. The normalized spacial score (nSPS) is 12.1. The minimum Gasteiger partial charge on any atom is -0.426 e. The fourth-order valence-electron chi connectivity index (χ4n) is 13.3. The molecule has 4 heteroatoms. The molecule has 0 aliphatic carbocycles. The molecule has 4 nitrogen and oxygen atoms in total. The highest BCUT2D eigenvalue weighted by molar-refractivity contribution is 5.59. The van der Waals surface area contributed by atoms with E-state index in [1.54, 1.807) is 0 Å². The lowest BCUT2D eigenvalue weighted by Crippen LogP contribution is -2.38. The molecule has 0 aromatic rings. The van der Waals surface area contributed by atoms with Gasteiger partial charge in [0, 0.05) is 0 Å². The van der Waals surface area contributed by atoms with Gasteiger partial charge in [0.2, 0.25) is 0 Å². The summed E-state index contributed by atoms with van der Waals surface area (Å²) in [5.41, 5.74) is -0.880. The largest absolute Gasteiger partial charge is 0.541 e. The van der Waals surface area contributed by atoms with Crippen molar-refractivity contribution in [3.8, 4) is 0 Å². The summed E-state index contributed by atoms with van der Waals surface area (Å²) in [6.07, 6.45) is 88.6. The Kier molecular flexibility index (Phi) is 66.1. The Balaban J connectivity index is 5.82. The molecular formula is C77H154O4. The first-order chi connectivity index (χ1) is 40.0. The molecule has 486 valence electrons. The molecule has 0 unspecified atom stereocenters. The molecule has 0 atom stereocenters. The zero-order valence-corrected chi connectivity index (χ0v) is 57.2. The van der Waals surface area contributed by atoms with Crippen LogP contribution in [0.4, 0.5) is 4.79 Å². The smallest absolute Gasteiger partial charge is 0.426 e. The average Bonchev–Trinajstić information content (AvgIpc) is 3.47. The van der Waals surface area contributed by atoms with Crippen LogP contribution in [-0.4, -0.2) is 17.4 Å². The standard InChI is InChI=1S/C77H154O4/c1-7-13-19-23-27-31-35-39-43-47-51-55-59-65-70-76(69-63-17-11-5,71-66-60-56-52-48-44-40-36-32-28-24-20-14-8-2)79-75(78)80-81-77(72-64-18-12-6,73-67-61-57-53-49-45-41-37-33-29-25-21-15-9-3)74-68-62-58-54-50-46-42-38-34-30-26-22-16-10-4/h7-74H2,1-6H3. The van der Waals surface area contributed by atoms with E-state index < -0.39 is 17.4 Å². The van der Waals surface area contributed by atoms with E-state index in [4.69, 9.17) is 14.5 Å². The Morgan fingerprint density at radius 3 is 0.519 bits per heavy atom. The van der Waals surface area contributed by atoms with Crippen LogP contribution in [0.15, 0.2) is 0 Å². The molecule has 0 aromatic carbocycles. The minimum absolute atomic E-state index is 0.420. The minimum atomic E-state index is -0.552. The van der Waals surface area contributed by atoms with Gasteiger partial charge in [-0.25, -0.2) is 4.79 Å². The van der Waals surface area contributed by atoms with Crippen molar-refractivity contribution in [3.63, 3.8) is 0 Å². The predicted octanol–water partition coefficient (Wildman–Crippen LogP) is 29.2. The summed E-state index contributed by atoms with van der Waals surface area (Å²) in [5, 5.41) is 0. The van der Waals surface area contributed by atoms with Gasteiger partial charge >= 0.3 is 6.16 Å². The molecule has 0 aromatic heterocycles. The number of hydrogen-bond acceptors (Lipinski definition) is 4. The third-order valence-corrected chi connectivity index (χ3v) is 19.0. The first-order valence-electron chi connectivity index (χ1n) is 38.6. The number of unbranched alkanes of at least 4 members (excludes halogenated alkanes) is 56. The molecule has 0 amide bonds. The molecular weight excluding hydrogens is 989 g/mol. The van der Waals surface area contributed by atoms with E-state index in [-0.39, 0.29) is 0 Å². The number of carbonyl (C=O) groups excluding carboxylic acids is 1. The van der Waals surface area contributed by atoms with Crippen molar-refractivity contribution >= 4 is 6.16 Å². The van der Waals surface area contributed by atoms with Crippen molar-refractivity contribution in [3.05, 3.63) is 0 Å². The van der Waals surface area contributed by atoms with Crippen LogP contribution in [0.25, 0.3) is 0 Å². The first-order valence-corrected chi connectivity index (χ1v) is 38.6. The van der Waals surface area contributed by atoms with Crippen molar-refractivity contribution in [2.45, 2.75) is 489 Å². The van der Waals surface area contributed by atoms with Gasteiger partial charge in [0.15, 0.2) is 0 Å². The topological polar surface area (TPSA) is 44.8 Å². The van der Waals surface area contributed by atoms with E-state index in [9.17, 15) is 4.79 Å². The SMILES string of the molecule is CCCCCCCCCCCCCCCCC(CCCCC)(CCCCCCCCCCCCCCCC)OOC(=O)OC(CCCCC)(CCCCCCCCCCCCCCCC)CCCCCCCCCCCCCCCC. The zero-order valence-electron chi connectivity index (χ0n) is 57.2. The van der Waals surface area contributed by atoms with E-state index in [0.717, 1.165) is 77.0 Å². The van der Waals surface area contributed by atoms with Crippen LogP contribution in [0, 0.1) is 0 Å². The second-order valence-corrected chi connectivity index (χ2v) is 27.2. The highest BCUT2D eigenvalue weighted by atomic mass is 17.2. The van der Waals surface area contributed by atoms with Gasteiger partial charge < -0.3 is 4.74 Å². The molecule has 0 radical (unpaired) electrons. The van der Waals surface area contributed by atoms with Crippen molar-refractivity contribution < 1.29 is 19.3 Å². The maximum absolute atomic E-state index is 14.4. The van der Waals surface area contributed by atoms with Crippen LogP contribution < -0.4 is 0 Å². The van der Waals surface area contributed by atoms with Gasteiger partial charge in [0.1, 0.15) is 11.2 Å². The summed E-state index contributed by atoms with van der Waals surface area (Å²) in [6, 6.07) is 0.